The Labute approximate surface area is 109 Å². The van der Waals surface area contributed by atoms with Crippen LogP contribution in [0, 0.1) is 11.7 Å². The number of halogens is 1. The van der Waals surface area contributed by atoms with Gasteiger partial charge in [-0.2, -0.15) is 0 Å². The lowest BCUT2D eigenvalue weighted by Gasteiger charge is -2.09. The summed E-state index contributed by atoms with van der Waals surface area (Å²) >= 11 is 0. The predicted molar refractivity (Wildman–Crippen MR) is 69.1 cm³/mol. The molecule has 19 heavy (non-hydrogen) atoms. The number of carbonyl (C=O) groups excluding carboxylic acids is 1. The third kappa shape index (κ3) is 2.99. The molecule has 0 aliphatic carbocycles. The van der Waals surface area contributed by atoms with E-state index in [-0.39, 0.29) is 18.4 Å². The number of hydrogen-bond acceptors (Lipinski definition) is 3. The molecule has 1 N–H and O–H groups in total. The number of rotatable bonds is 3. The van der Waals surface area contributed by atoms with Crippen LogP contribution < -0.4 is 10.9 Å². The summed E-state index contributed by atoms with van der Waals surface area (Å²) in [6, 6.07) is 5.18. The minimum Gasteiger partial charge on any atom is -0.423 e. The Morgan fingerprint density at radius 2 is 2.11 bits per heavy atom. The lowest BCUT2D eigenvalue weighted by atomic mass is 10.1. The molecule has 1 amide bonds. The van der Waals surface area contributed by atoms with E-state index in [1.807, 2.05) is 0 Å². The van der Waals surface area contributed by atoms with Crippen LogP contribution >= 0.6 is 0 Å². The summed E-state index contributed by atoms with van der Waals surface area (Å²) in [6.45, 7) is 3.71. The van der Waals surface area contributed by atoms with E-state index in [0.29, 0.717) is 16.5 Å². The van der Waals surface area contributed by atoms with E-state index < -0.39 is 11.4 Å². The van der Waals surface area contributed by atoms with Gasteiger partial charge in [0.2, 0.25) is 5.91 Å². The summed E-state index contributed by atoms with van der Waals surface area (Å²) in [5.41, 5.74) is 0.329. The van der Waals surface area contributed by atoms with Crippen LogP contribution in [0.25, 0.3) is 11.0 Å². The van der Waals surface area contributed by atoms with E-state index in [4.69, 9.17) is 4.42 Å². The first-order chi connectivity index (χ1) is 8.97. The van der Waals surface area contributed by atoms with Crippen molar-refractivity contribution in [2.24, 2.45) is 5.92 Å². The lowest BCUT2D eigenvalue weighted by Crippen LogP contribution is -2.27. The van der Waals surface area contributed by atoms with Crippen molar-refractivity contribution in [3.63, 3.8) is 0 Å². The summed E-state index contributed by atoms with van der Waals surface area (Å²) < 4.78 is 18.2. The zero-order valence-corrected chi connectivity index (χ0v) is 10.7. The second-order valence-electron chi connectivity index (χ2n) is 4.60. The second-order valence-corrected chi connectivity index (χ2v) is 4.60. The Morgan fingerprint density at radius 3 is 2.79 bits per heavy atom. The largest absolute Gasteiger partial charge is 0.423 e. The van der Waals surface area contributed by atoms with Gasteiger partial charge in [0.15, 0.2) is 0 Å². The molecule has 0 radical (unpaired) electrons. The van der Waals surface area contributed by atoms with Gasteiger partial charge in [-0.1, -0.05) is 13.8 Å². The van der Waals surface area contributed by atoms with Gasteiger partial charge in [0, 0.05) is 23.9 Å². The summed E-state index contributed by atoms with van der Waals surface area (Å²) in [5, 5.41) is 3.18. The Bertz CT molecular complexity index is 676. The maximum Gasteiger partial charge on any atom is 0.336 e. The van der Waals surface area contributed by atoms with Gasteiger partial charge in [0.1, 0.15) is 11.4 Å². The lowest BCUT2D eigenvalue weighted by molar-refractivity contribution is -0.124. The molecule has 0 atom stereocenters. The summed E-state index contributed by atoms with van der Waals surface area (Å²) in [4.78, 5) is 22.9. The van der Waals surface area contributed by atoms with Crippen LogP contribution in [0.5, 0.6) is 0 Å². The second kappa shape index (κ2) is 5.22. The number of carbonyl (C=O) groups is 1. The Kier molecular flexibility index (Phi) is 3.64. The zero-order chi connectivity index (χ0) is 14.0. The van der Waals surface area contributed by atoms with Gasteiger partial charge in [-0.3, -0.25) is 4.79 Å². The van der Waals surface area contributed by atoms with Gasteiger partial charge in [0.25, 0.3) is 0 Å². The van der Waals surface area contributed by atoms with Crippen molar-refractivity contribution >= 4 is 16.9 Å². The molecule has 0 saturated heterocycles. The molecule has 0 fully saturated rings. The van der Waals surface area contributed by atoms with Crippen LogP contribution in [0.15, 0.2) is 33.5 Å². The van der Waals surface area contributed by atoms with Crippen molar-refractivity contribution < 1.29 is 13.6 Å². The predicted octanol–water partition coefficient (Wildman–Crippen LogP) is 2.20. The first-order valence-electron chi connectivity index (χ1n) is 5.97. The van der Waals surface area contributed by atoms with E-state index in [9.17, 15) is 14.0 Å². The number of amides is 1. The quantitative estimate of drug-likeness (QED) is 0.864. The summed E-state index contributed by atoms with van der Waals surface area (Å²) in [6.07, 6.45) is 0. The molecule has 0 saturated carbocycles. The summed E-state index contributed by atoms with van der Waals surface area (Å²) in [7, 11) is 0. The Hall–Kier alpha value is -2.17. The Balaban J connectivity index is 2.39. The topological polar surface area (TPSA) is 59.3 Å². The monoisotopic (exact) mass is 263 g/mol. The van der Waals surface area contributed by atoms with Gasteiger partial charge >= 0.3 is 5.63 Å². The van der Waals surface area contributed by atoms with Crippen LogP contribution in [-0.4, -0.2) is 5.91 Å². The highest BCUT2D eigenvalue weighted by Gasteiger charge is 2.10. The molecule has 0 aliphatic rings. The van der Waals surface area contributed by atoms with Gasteiger partial charge in [0.05, 0.1) is 0 Å². The van der Waals surface area contributed by atoms with Gasteiger partial charge in [-0.25, -0.2) is 9.18 Å². The third-order valence-corrected chi connectivity index (χ3v) is 2.77. The fourth-order valence-electron chi connectivity index (χ4n) is 1.73. The standard InChI is InChI=1S/C14H14FNO3/c1-8(2)14(18)16-7-9-5-13(17)19-12-4-3-10(15)6-11(9)12/h3-6,8H,7H2,1-2H3,(H,16,18). The highest BCUT2D eigenvalue weighted by Crippen LogP contribution is 2.18. The van der Waals surface area contributed by atoms with E-state index in [1.54, 1.807) is 13.8 Å². The highest BCUT2D eigenvalue weighted by atomic mass is 19.1. The first-order valence-corrected chi connectivity index (χ1v) is 5.97. The maximum atomic E-state index is 13.2. The van der Waals surface area contributed by atoms with Crippen LogP contribution in [0.4, 0.5) is 4.39 Å². The molecule has 1 heterocycles. The van der Waals surface area contributed by atoms with Crippen LogP contribution in [0.2, 0.25) is 0 Å². The van der Waals surface area contributed by atoms with Crippen LogP contribution in [0.3, 0.4) is 0 Å². The van der Waals surface area contributed by atoms with Gasteiger partial charge < -0.3 is 9.73 Å². The molecule has 4 nitrogen and oxygen atoms in total. The molecular formula is C14H14FNO3. The molecule has 0 spiro atoms. The molecule has 0 aliphatic heterocycles. The van der Waals surface area contributed by atoms with Gasteiger partial charge in [-0.15, -0.1) is 0 Å². The van der Waals surface area contributed by atoms with E-state index in [1.165, 1.54) is 24.3 Å². The molecular weight excluding hydrogens is 249 g/mol. The molecule has 5 heteroatoms. The van der Waals surface area contributed by atoms with Crippen molar-refractivity contribution in [3.8, 4) is 0 Å². The minimum absolute atomic E-state index is 0.127. The van der Waals surface area contributed by atoms with Crippen molar-refractivity contribution in [3.05, 3.63) is 46.1 Å². The molecule has 1 aromatic carbocycles. The molecule has 100 valence electrons. The number of benzene rings is 1. The van der Waals surface area contributed by atoms with E-state index in [2.05, 4.69) is 5.32 Å². The van der Waals surface area contributed by atoms with Crippen molar-refractivity contribution in [1.82, 2.24) is 5.32 Å². The normalized spacial score (nSPS) is 10.9. The smallest absolute Gasteiger partial charge is 0.336 e. The SMILES string of the molecule is CC(C)C(=O)NCc1cc(=O)oc2ccc(F)cc12. The van der Waals surface area contributed by atoms with Crippen molar-refractivity contribution in [1.29, 1.82) is 0 Å². The Morgan fingerprint density at radius 1 is 1.37 bits per heavy atom. The van der Waals surface area contributed by atoms with Crippen LogP contribution in [0.1, 0.15) is 19.4 Å². The average Bonchev–Trinajstić information content (AvgIpc) is 2.36. The number of hydrogen-bond donors (Lipinski definition) is 1. The average molecular weight is 263 g/mol. The molecule has 2 rings (SSSR count). The number of nitrogens with one attached hydrogen (secondary N) is 1. The van der Waals surface area contributed by atoms with Crippen molar-refractivity contribution in [2.45, 2.75) is 20.4 Å². The molecule has 0 unspecified atom stereocenters. The van der Waals surface area contributed by atoms with Crippen LogP contribution in [-0.2, 0) is 11.3 Å². The third-order valence-electron chi connectivity index (χ3n) is 2.77. The van der Waals surface area contributed by atoms with Gasteiger partial charge in [-0.05, 0) is 23.8 Å². The molecule has 2 aromatic rings. The van der Waals surface area contributed by atoms with Crippen molar-refractivity contribution in [2.75, 3.05) is 0 Å². The maximum absolute atomic E-state index is 13.2. The van der Waals surface area contributed by atoms with E-state index in [0.717, 1.165) is 0 Å². The fraction of sp³-hybridized carbons (Fsp3) is 0.286. The van der Waals surface area contributed by atoms with E-state index >= 15 is 0 Å². The zero-order valence-electron chi connectivity index (χ0n) is 10.7. The molecule has 0 bridgehead atoms. The first kappa shape index (κ1) is 13.3. The minimum atomic E-state index is -0.520. The highest BCUT2D eigenvalue weighted by molar-refractivity contribution is 5.82. The fourth-order valence-corrected chi connectivity index (χ4v) is 1.73. The number of fused-ring (bicyclic) bond motifs is 1. The summed E-state index contributed by atoms with van der Waals surface area (Å²) in [5.74, 6) is -0.696. The molecule has 1 aromatic heterocycles.